The van der Waals surface area contributed by atoms with E-state index in [4.69, 9.17) is 0 Å². The Bertz CT molecular complexity index is 940. The Morgan fingerprint density at radius 1 is 0.583 bits per heavy atom. The van der Waals surface area contributed by atoms with E-state index in [1.807, 2.05) is 0 Å². The molecule has 0 aromatic heterocycles. The van der Waals surface area contributed by atoms with Gasteiger partial charge in [0, 0.05) is 6.42 Å². The molecular weight excluding hydrogens is 619 g/mol. The van der Waals surface area contributed by atoms with E-state index in [9.17, 15) is 22.9 Å². The highest BCUT2D eigenvalue weighted by molar-refractivity contribution is 7.85. The van der Waals surface area contributed by atoms with Crippen LogP contribution < -0.4 is 5.32 Å². The van der Waals surface area contributed by atoms with Gasteiger partial charge in [-0.1, -0.05) is 178 Å². The second kappa shape index (κ2) is 35.1. The van der Waals surface area contributed by atoms with Gasteiger partial charge in [-0.15, -0.1) is 0 Å². The van der Waals surface area contributed by atoms with Crippen molar-refractivity contribution in [1.29, 1.82) is 0 Å². The summed E-state index contributed by atoms with van der Waals surface area (Å²) < 4.78 is 32.4. The Morgan fingerprint density at radius 2 is 1.00 bits per heavy atom. The number of hydrogen-bond acceptors (Lipinski definition) is 4. The Kier molecular flexibility index (Phi) is 33.9. The fourth-order valence-electron chi connectivity index (χ4n) is 5.86. The second-order valence-corrected chi connectivity index (χ2v) is 15.0. The highest BCUT2D eigenvalue weighted by atomic mass is 32.2. The Labute approximate surface area is 297 Å². The minimum absolute atomic E-state index is 0.254. The second-order valence-electron chi connectivity index (χ2n) is 13.5. The van der Waals surface area contributed by atoms with Gasteiger partial charge in [0.15, 0.2) is 0 Å². The summed E-state index contributed by atoms with van der Waals surface area (Å²) in [5.41, 5.74) is 0. The van der Waals surface area contributed by atoms with Crippen molar-refractivity contribution in [3.8, 4) is 0 Å². The highest BCUT2D eigenvalue weighted by Crippen LogP contribution is 2.15. The summed E-state index contributed by atoms with van der Waals surface area (Å²) in [6, 6.07) is -0.972. The molecule has 0 aromatic rings. The number of hydrogen-bond donors (Lipinski definition) is 3. The molecule has 0 saturated carbocycles. The number of carbonyl (C=O) groups excluding carboxylic acids is 1. The van der Waals surface area contributed by atoms with Gasteiger partial charge in [0.1, 0.15) is 0 Å². The molecule has 0 aromatic carbocycles. The molecule has 48 heavy (non-hydrogen) atoms. The highest BCUT2D eigenvalue weighted by Gasteiger charge is 2.26. The van der Waals surface area contributed by atoms with Crippen LogP contribution in [0.15, 0.2) is 48.6 Å². The number of nitrogens with one attached hydrogen (secondary N) is 1. The fourth-order valence-corrected chi connectivity index (χ4v) is 6.62. The van der Waals surface area contributed by atoms with Crippen LogP contribution in [0.2, 0.25) is 0 Å². The molecule has 0 aliphatic carbocycles. The largest absolute Gasteiger partial charge is 0.391 e. The van der Waals surface area contributed by atoms with Crippen LogP contribution in [0.4, 0.5) is 0 Å². The SMILES string of the molecule is CC/C=C\C/C=C\C/C=C\C/C=C\CCCCCCCCCCCCC(=O)NC(CS(=O)(=O)O)C(O)CCCCCCCCCCCC. The van der Waals surface area contributed by atoms with Gasteiger partial charge in [-0.05, 0) is 51.4 Å². The molecule has 0 radical (unpaired) electrons. The van der Waals surface area contributed by atoms with Crippen molar-refractivity contribution < 1.29 is 22.9 Å². The van der Waals surface area contributed by atoms with Gasteiger partial charge in [-0.3, -0.25) is 9.35 Å². The average molecular weight is 694 g/mol. The first kappa shape index (κ1) is 46.3. The van der Waals surface area contributed by atoms with E-state index >= 15 is 0 Å². The van der Waals surface area contributed by atoms with Crippen molar-refractivity contribution in [2.24, 2.45) is 0 Å². The molecule has 280 valence electrons. The maximum absolute atomic E-state index is 12.5. The molecule has 1 amide bonds. The Balaban J connectivity index is 3.82. The number of amides is 1. The van der Waals surface area contributed by atoms with Crippen molar-refractivity contribution in [3.63, 3.8) is 0 Å². The lowest BCUT2D eigenvalue weighted by atomic mass is 10.0. The first-order valence-electron chi connectivity index (χ1n) is 19.8. The third-order valence-corrected chi connectivity index (χ3v) is 9.58. The number of unbranched alkanes of at least 4 members (excludes halogenated alkanes) is 19. The van der Waals surface area contributed by atoms with E-state index in [0.717, 1.165) is 64.2 Å². The molecule has 0 bridgehead atoms. The van der Waals surface area contributed by atoms with Gasteiger partial charge in [0.05, 0.1) is 17.9 Å². The van der Waals surface area contributed by atoms with Crippen LogP contribution in [0.25, 0.3) is 0 Å². The molecule has 2 atom stereocenters. The quantitative estimate of drug-likeness (QED) is 0.0348. The topological polar surface area (TPSA) is 104 Å². The third kappa shape index (κ3) is 35.6. The Morgan fingerprint density at radius 3 is 1.48 bits per heavy atom. The monoisotopic (exact) mass is 694 g/mol. The third-order valence-electron chi connectivity index (χ3n) is 8.80. The molecule has 0 rings (SSSR count). The predicted molar refractivity (Wildman–Crippen MR) is 207 cm³/mol. The summed E-state index contributed by atoms with van der Waals surface area (Å²) in [5, 5.41) is 13.3. The summed E-state index contributed by atoms with van der Waals surface area (Å²) in [5.74, 6) is -0.904. The van der Waals surface area contributed by atoms with E-state index in [1.165, 1.54) is 96.3 Å². The summed E-state index contributed by atoms with van der Waals surface area (Å²) >= 11 is 0. The molecular formula is C41H75NO5S. The van der Waals surface area contributed by atoms with Gasteiger partial charge in [-0.2, -0.15) is 8.42 Å². The molecule has 0 heterocycles. The lowest BCUT2D eigenvalue weighted by Gasteiger charge is -2.23. The maximum atomic E-state index is 12.5. The molecule has 0 aliphatic heterocycles. The van der Waals surface area contributed by atoms with Crippen LogP contribution in [0.3, 0.4) is 0 Å². The maximum Gasteiger partial charge on any atom is 0.266 e. The number of rotatable bonds is 35. The summed E-state index contributed by atoms with van der Waals surface area (Å²) in [6.07, 6.45) is 46.4. The molecule has 0 fully saturated rings. The fraction of sp³-hybridized carbons (Fsp3) is 0.780. The summed E-state index contributed by atoms with van der Waals surface area (Å²) in [6.45, 7) is 4.38. The smallest absolute Gasteiger partial charge is 0.266 e. The number of aliphatic hydroxyl groups is 1. The number of carbonyl (C=O) groups is 1. The lowest BCUT2D eigenvalue weighted by Crippen LogP contribution is -2.47. The summed E-state index contributed by atoms with van der Waals surface area (Å²) in [7, 11) is -4.31. The average Bonchev–Trinajstić information content (AvgIpc) is 3.05. The van der Waals surface area contributed by atoms with Gasteiger partial charge < -0.3 is 10.4 Å². The molecule has 7 heteroatoms. The van der Waals surface area contributed by atoms with Crippen molar-refractivity contribution in [2.45, 2.75) is 199 Å². The molecule has 6 nitrogen and oxygen atoms in total. The van der Waals surface area contributed by atoms with Crippen LogP contribution in [0, 0.1) is 0 Å². The van der Waals surface area contributed by atoms with Crippen LogP contribution in [-0.2, 0) is 14.9 Å². The Hall–Kier alpha value is -1.70. The first-order valence-corrected chi connectivity index (χ1v) is 21.4. The van der Waals surface area contributed by atoms with E-state index in [2.05, 4.69) is 67.8 Å². The minimum atomic E-state index is -4.31. The van der Waals surface area contributed by atoms with Gasteiger partial charge in [0.2, 0.25) is 5.91 Å². The molecule has 2 unspecified atom stereocenters. The van der Waals surface area contributed by atoms with E-state index in [-0.39, 0.29) is 5.91 Å². The zero-order valence-corrected chi connectivity index (χ0v) is 31.9. The van der Waals surface area contributed by atoms with Gasteiger partial charge >= 0.3 is 0 Å². The van der Waals surface area contributed by atoms with Crippen LogP contribution in [0.1, 0.15) is 187 Å². The van der Waals surface area contributed by atoms with Crippen molar-refractivity contribution >= 4 is 16.0 Å². The molecule has 0 spiro atoms. The molecule has 0 aliphatic rings. The number of allylic oxidation sites excluding steroid dienone is 8. The van der Waals surface area contributed by atoms with Crippen molar-refractivity contribution in [2.75, 3.05) is 5.75 Å². The van der Waals surface area contributed by atoms with E-state index in [0.29, 0.717) is 12.8 Å². The van der Waals surface area contributed by atoms with E-state index < -0.39 is 28.0 Å². The zero-order chi connectivity index (χ0) is 35.4. The number of aliphatic hydroxyl groups excluding tert-OH is 1. The minimum Gasteiger partial charge on any atom is -0.391 e. The predicted octanol–water partition coefficient (Wildman–Crippen LogP) is 11.5. The zero-order valence-electron chi connectivity index (χ0n) is 31.1. The van der Waals surface area contributed by atoms with Crippen LogP contribution >= 0.6 is 0 Å². The van der Waals surface area contributed by atoms with Crippen LogP contribution in [0.5, 0.6) is 0 Å². The normalized spacial score (nSPS) is 13.8. The summed E-state index contributed by atoms with van der Waals surface area (Å²) in [4.78, 5) is 12.5. The molecule has 0 saturated heterocycles. The van der Waals surface area contributed by atoms with Crippen molar-refractivity contribution in [1.82, 2.24) is 5.32 Å². The van der Waals surface area contributed by atoms with Gasteiger partial charge in [-0.25, -0.2) is 0 Å². The van der Waals surface area contributed by atoms with Crippen LogP contribution in [-0.4, -0.2) is 41.9 Å². The molecule has 3 N–H and O–H groups in total. The van der Waals surface area contributed by atoms with E-state index in [1.54, 1.807) is 0 Å². The van der Waals surface area contributed by atoms with Gasteiger partial charge in [0.25, 0.3) is 10.1 Å². The first-order chi connectivity index (χ1) is 23.3. The lowest BCUT2D eigenvalue weighted by molar-refractivity contribution is -0.122. The van der Waals surface area contributed by atoms with Crippen molar-refractivity contribution in [3.05, 3.63) is 48.6 Å². The standard InChI is InChI=1S/C41H75NO5S/c1-3-5-7-9-11-13-15-16-17-18-19-20-21-22-23-24-25-26-27-29-31-33-35-37-41(44)42-39(38-48(45,46)47)40(43)36-34-32-30-28-14-12-10-8-6-4-2/h5,7,11,13,16-17,19-20,39-40,43H,3-4,6,8-10,12,14-15,18,21-38H2,1-2H3,(H,42,44)(H,45,46,47)/b7-5-,13-11-,17-16-,20-19-.